The monoisotopic (exact) mass is 291 g/mol. The molecule has 0 aliphatic carbocycles. The van der Waals surface area contributed by atoms with E-state index in [1.165, 1.54) is 0 Å². The Morgan fingerprint density at radius 2 is 1.90 bits per heavy atom. The molecule has 0 saturated carbocycles. The quantitative estimate of drug-likeness (QED) is 0.622. The van der Waals surface area contributed by atoms with Crippen LogP contribution in [0.15, 0.2) is 42.5 Å². The van der Waals surface area contributed by atoms with Gasteiger partial charge in [-0.2, -0.15) is 5.26 Å². The van der Waals surface area contributed by atoms with E-state index in [2.05, 4.69) is 6.58 Å². The van der Waals surface area contributed by atoms with Crippen molar-refractivity contribution in [1.82, 2.24) is 0 Å². The van der Waals surface area contributed by atoms with Crippen molar-refractivity contribution in [3.05, 3.63) is 48.0 Å². The van der Waals surface area contributed by atoms with Crippen molar-refractivity contribution in [2.45, 2.75) is 19.5 Å². The molecular formula is C15H18NO3P. The third-order valence-corrected chi connectivity index (χ3v) is 5.40. The van der Waals surface area contributed by atoms with Gasteiger partial charge in [0.15, 0.2) is 0 Å². The van der Waals surface area contributed by atoms with E-state index in [1.54, 1.807) is 12.1 Å². The van der Waals surface area contributed by atoms with Crippen LogP contribution in [-0.4, -0.2) is 13.2 Å². The van der Waals surface area contributed by atoms with Crippen LogP contribution in [0.5, 0.6) is 0 Å². The Labute approximate surface area is 119 Å². The number of nitrogens with zero attached hydrogens (tertiary/aromatic N) is 1. The Morgan fingerprint density at radius 1 is 1.35 bits per heavy atom. The lowest BCUT2D eigenvalue weighted by molar-refractivity contribution is 0.0391. The average Bonchev–Trinajstić information content (AvgIpc) is 2.44. The third-order valence-electron chi connectivity index (χ3n) is 3.18. The predicted octanol–water partition coefficient (Wildman–Crippen LogP) is 4.07. The van der Waals surface area contributed by atoms with E-state index in [1.807, 2.05) is 38.1 Å². The van der Waals surface area contributed by atoms with Crippen molar-refractivity contribution in [3.8, 4) is 6.07 Å². The van der Waals surface area contributed by atoms with Crippen LogP contribution in [0.4, 0.5) is 0 Å². The lowest BCUT2D eigenvalue weighted by Gasteiger charge is -2.37. The van der Waals surface area contributed by atoms with E-state index < -0.39 is 13.3 Å². The van der Waals surface area contributed by atoms with Gasteiger partial charge >= 0.3 is 7.60 Å². The molecule has 2 rings (SSSR count). The van der Waals surface area contributed by atoms with Gasteiger partial charge in [-0.15, -0.1) is 0 Å². The fraction of sp³-hybridized carbons (Fsp3) is 0.400. The highest BCUT2D eigenvalue weighted by molar-refractivity contribution is 7.54. The number of rotatable bonds is 3. The van der Waals surface area contributed by atoms with E-state index in [-0.39, 0.29) is 11.0 Å². The SMILES string of the molecule is C=C(C#N)C(c1ccccc1)P1(=O)OCC(C)(C)CO1. The maximum atomic E-state index is 13.0. The van der Waals surface area contributed by atoms with Gasteiger partial charge in [0.05, 0.1) is 19.3 Å². The van der Waals surface area contributed by atoms with Gasteiger partial charge in [0.25, 0.3) is 0 Å². The first kappa shape index (κ1) is 15.0. The molecule has 1 fully saturated rings. The van der Waals surface area contributed by atoms with Crippen molar-refractivity contribution in [2.24, 2.45) is 5.41 Å². The number of hydrogen-bond acceptors (Lipinski definition) is 4. The molecule has 4 nitrogen and oxygen atoms in total. The molecule has 0 radical (unpaired) electrons. The number of hydrogen-bond donors (Lipinski definition) is 0. The Balaban J connectivity index is 2.36. The molecule has 1 aliphatic heterocycles. The molecule has 1 unspecified atom stereocenters. The minimum Gasteiger partial charge on any atom is -0.307 e. The summed E-state index contributed by atoms with van der Waals surface area (Å²) < 4.78 is 24.0. The highest BCUT2D eigenvalue weighted by atomic mass is 31.2. The molecule has 20 heavy (non-hydrogen) atoms. The fourth-order valence-corrected chi connectivity index (χ4v) is 4.44. The molecule has 0 N–H and O–H groups in total. The van der Waals surface area contributed by atoms with Crippen molar-refractivity contribution in [1.29, 1.82) is 5.26 Å². The Kier molecular flexibility index (Phi) is 4.15. The molecule has 106 valence electrons. The van der Waals surface area contributed by atoms with Gasteiger partial charge in [0.1, 0.15) is 5.66 Å². The second kappa shape index (κ2) is 5.54. The van der Waals surface area contributed by atoms with Crippen LogP contribution in [0.1, 0.15) is 25.1 Å². The van der Waals surface area contributed by atoms with Crippen LogP contribution in [0.25, 0.3) is 0 Å². The smallest absolute Gasteiger partial charge is 0.307 e. The Hall–Kier alpha value is -1.40. The first-order valence-corrected chi connectivity index (χ1v) is 8.02. The lowest BCUT2D eigenvalue weighted by atomic mass is 9.97. The van der Waals surface area contributed by atoms with E-state index in [0.717, 1.165) is 5.56 Å². The summed E-state index contributed by atoms with van der Waals surface area (Å²) in [4.78, 5) is 0. The minimum atomic E-state index is -3.42. The normalized spacial score (nSPS) is 21.6. The largest absolute Gasteiger partial charge is 0.343 e. The summed E-state index contributed by atoms with van der Waals surface area (Å²) in [5.41, 5.74) is 0.00877. The zero-order valence-corrected chi connectivity index (χ0v) is 12.6. The van der Waals surface area contributed by atoms with Gasteiger partial charge in [0.2, 0.25) is 0 Å². The Morgan fingerprint density at radius 3 is 2.40 bits per heavy atom. The minimum absolute atomic E-state index is 0.177. The van der Waals surface area contributed by atoms with Gasteiger partial charge in [0, 0.05) is 11.0 Å². The van der Waals surface area contributed by atoms with Crippen molar-refractivity contribution >= 4 is 7.60 Å². The molecule has 1 aromatic carbocycles. The maximum absolute atomic E-state index is 13.0. The summed E-state index contributed by atoms with van der Waals surface area (Å²) in [6.45, 7) is 8.35. The van der Waals surface area contributed by atoms with E-state index >= 15 is 0 Å². The fourth-order valence-electron chi connectivity index (χ4n) is 2.03. The molecule has 1 aliphatic rings. The average molecular weight is 291 g/mol. The van der Waals surface area contributed by atoms with Crippen LogP contribution in [-0.2, 0) is 13.6 Å². The molecule has 1 aromatic rings. The molecule has 1 saturated heterocycles. The Bertz CT molecular complexity index is 575. The van der Waals surface area contributed by atoms with Crippen LogP contribution in [0.2, 0.25) is 0 Å². The van der Waals surface area contributed by atoms with Gasteiger partial charge in [-0.1, -0.05) is 50.8 Å². The van der Waals surface area contributed by atoms with Crippen LogP contribution in [0, 0.1) is 16.7 Å². The summed E-state index contributed by atoms with van der Waals surface area (Å²) in [7, 11) is -3.42. The summed E-state index contributed by atoms with van der Waals surface area (Å²) in [5, 5.41) is 9.13. The highest BCUT2D eigenvalue weighted by Crippen LogP contribution is 2.66. The topological polar surface area (TPSA) is 59.3 Å². The predicted molar refractivity (Wildman–Crippen MR) is 77.2 cm³/mol. The van der Waals surface area contributed by atoms with Crippen molar-refractivity contribution in [2.75, 3.05) is 13.2 Å². The van der Waals surface area contributed by atoms with E-state index in [4.69, 9.17) is 14.3 Å². The molecule has 0 spiro atoms. The van der Waals surface area contributed by atoms with Gasteiger partial charge < -0.3 is 9.05 Å². The second-order valence-electron chi connectivity index (χ2n) is 5.70. The van der Waals surface area contributed by atoms with Crippen molar-refractivity contribution in [3.63, 3.8) is 0 Å². The van der Waals surface area contributed by atoms with Gasteiger partial charge in [-0.3, -0.25) is 4.57 Å². The summed E-state index contributed by atoms with van der Waals surface area (Å²) >= 11 is 0. The molecular weight excluding hydrogens is 273 g/mol. The molecule has 0 aromatic heterocycles. The summed E-state index contributed by atoms with van der Waals surface area (Å²) in [6.07, 6.45) is 0. The summed E-state index contributed by atoms with van der Waals surface area (Å²) in [6, 6.07) is 11.1. The van der Waals surface area contributed by atoms with Gasteiger partial charge in [-0.25, -0.2) is 0 Å². The van der Waals surface area contributed by atoms with Crippen LogP contribution >= 0.6 is 7.60 Å². The number of benzene rings is 1. The first-order chi connectivity index (χ1) is 9.38. The first-order valence-electron chi connectivity index (χ1n) is 6.41. The lowest BCUT2D eigenvalue weighted by Crippen LogP contribution is -2.30. The summed E-state index contributed by atoms with van der Waals surface area (Å²) in [5.74, 6) is 0. The third kappa shape index (κ3) is 3.02. The van der Waals surface area contributed by atoms with E-state index in [9.17, 15) is 4.57 Å². The zero-order valence-electron chi connectivity index (χ0n) is 11.7. The molecule has 5 heteroatoms. The highest BCUT2D eigenvalue weighted by Gasteiger charge is 2.45. The zero-order chi connectivity index (χ0) is 14.8. The van der Waals surface area contributed by atoms with E-state index in [0.29, 0.717) is 13.2 Å². The van der Waals surface area contributed by atoms with Crippen LogP contribution < -0.4 is 0 Å². The van der Waals surface area contributed by atoms with Crippen LogP contribution in [0.3, 0.4) is 0 Å². The molecule has 1 atom stereocenters. The molecule has 0 bridgehead atoms. The molecule has 0 amide bonds. The van der Waals surface area contributed by atoms with Gasteiger partial charge in [-0.05, 0) is 5.56 Å². The second-order valence-corrected chi connectivity index (χ2v) is 7.81. The number of nitriles is 1. The number of allylic oxidation sites excluding steroid dienone is 1. The standard InChI is InChI=1S/C15H18NO3P/c1-12(9-16)14(13-7-5-4-6-8-13)20(17)18-10-15(2,3)11-19-20/h4-8,14H,1,10-11H2,2-3H3. The maximum Gasteiger partial charge on any atom is 0.343 e. The van der Waals surface area contributed by atoms with Crippen molar-refractivity contribution < 1.29 is 13.6 Å². The molecule has 1 heterocycles.